The molecule has 0 radical (unpaired) electrons. The summed E-state index contributed by atoms with van der Waals surface area (Å²) in [6.45, 7) is 1.81. The minimum absolute atomic E-state index is 0.447. The van der Waals surface area contributed by atoms with E-state index < -0.39 is 21.9 Å². The third-order valence-electron chi connectivity index (χ3n) is 1.94. The lowest BCUT2D eigenvalue weighted by Crippen LogP contribution is -2.22. The number of aliphatic hydroxyl groups is 1. The van der Waals surface area contributed by atoms with Gasteiger partial charge in [-0.2, -0.15) is 0 Å². The molecule has 4 nitrogen and oxygen atoms in total. The summed E-state index contributed by atoms with van der Waals surface area (Å²) >= 11 is 0. The van der Waals surface area contributed by atoms with Gasteiger partial charge in [-0.25, -0.2) is 13.6 Å². The molecule has 0 amide bonds. The SMILES string of the molecule is Cc1ccccc1C(O)CS(N)(=O)=O. The van der Waals surface area contributed by atoms with Crippen LogP contribution >= 0.6 is 0 Å². The Labute approximate surface area is 83.4 Å². The maximum Gasteiger partial charge on any atom is 0.211 e. The lowest BCUT2D eigenvalue weighted by Gasteiger charge is -2.11. The van der Waals surface area contributed by atoms with Gasteiger partial charge < -0.3 is 5.11 Å². The zero-order valence-corrected chi connectivity index (χ0v) is 8.66. The number of primary sulfonamides is 1. The molecule has 1 rings (SSSR count). The number of hydrogen-bond acceptors (Lipinski definition) is 3. The highest BCUT2D eigenvalue weighted by atomic mass is 32.2. The maximum atomic E-state index is 10.7. The van der Waals surface area contributed by atoms with Crippen molar-refractivity contribution < 1.29 is 13.5 Å². The van der Waals surface area contributed by atoms with Gasteiger partial charge in [0.15, 0.2) is 0 Å². The zero-order valence-electron chi connectivity index (χ0n) is 7.84. The van der Waals surface area contributed by atoms with E-state index in [2.05, 4.69) is 0 Å². The Morgan fingerprint density at radius 1 is 1.43 bits per heavy atom. The highest BCUT2D eigenvalue weighted by molar-refractivity contribution is 7.89. The molecule has 1 unspecified atom stereocenters. The number of hydrogen-bond donors (Lipinski definition) is 2. The molecule has 5 heteroatoms. The molecule has 1 aromatic rings. The van der Waals surface area contributed by atoms with E-state index in [-0.39, 0.29) is 0 Å². The van der Waals surface area contributed by atoms with Crippen molar-refractivity contribution in [2.45, 2.75) is 13.0 Å². The van der Waals surface area contributed by atoms with Gasteiger partial charge in [-0.3, -0.25) is 0 Å². The fourth-order valence-corrected chi connectivity index (χ4v) is 1.89. The molecule has 0 aliphatic carbocycles. The fraction of sp³-hybridized carbons (Fsp3) is 0.333. The van der Waals surface area contributed by atoms with Crippen LogP contribution in [-0.2, 0) is 10.0 Å². The maximum absolute atomic E-state index is 10.7. The highest BCUT2D eigenvalue weighted by Crippen LogP contribution is 2.17. The van der Waals surface area contributed by atoms with Crippen LogP contribution in [0.1, 0.15) is 17.2 Å². The Balaban J connectivity index is 2.90. The molecule has 0 saturated carbocycles. The first kappa shape index (κ1) is 11.2. The van der Waals surface area contributed by atoms with E-state index in [0.717, 1.165) is 5.56 Å². The number of aliphatic hydroxyl groups excluding tert-OH is 1. The molecular weight excluding hydrogens is 202 g/mol. The van der Waals surface area contributed by atoms with Crippen molar-refractivity contribution in [1.82, 2.24) is 0 Å². The van der Waals surface area contributed by atoms with Gasteiger partial charge in [-0.1, -0.05) is 24.3 Å². The molecule has 1 atom stereocenters. The van der Waals surface area contributed by atoms with Crippen LogP contribution in [0, 0.1) is 6.92 Å². The first-order chi connectivity index (χ1) is 6.40. The van der Waals surface area contributed by atoms with E-state index in [1.807, 2.05) is 19.1 Å². The topological polar surface area (TPSA) is 80.4 Å². The Hall–Kier alpha value is -0.910. The summed E-state index contributed by atoms with van der Waals surface area (Å²) in [5.74, 6) is -0.447. The van der Waals surface area contributed by atoms with Crippen molar-refractivity contribution in [2.75, 3.05) is 5.75 Å². The number of sulfonamides is 1. The molecule has 0 aliphatic heterocycles. The zero-order chi connectivity index (χ0) is 10.8. The molecule has 0 bridgehead atoms. The lowest BCUT2D eigenvalue weighted by molar-refractivity contribution is 0.201. The lowest BCUT2D eigenvalue weighted by atomic mass is 10.1. The minimum Gasteiger partial charge on any atom is -0.387 e. The molecule has 78 valence electrons. The molecule has 0 heterocycles. The van der Waals surface area contributed by atoms with Crippen molar-refractivity contribution in [2.24, 2.45) is 5.14 Å². The van der Waals surface area contributed by atoms with Crippen LogP contribution in [0.2, 0.25) is 0 Å². The van der Waals surface area contributed by atoms with Crippen molar-refractivity contribution in [3.63, 3.8) is 0 Å². The largest absolute Gasteiger partial charge is 0.387 e. The van der Waals surface area contributed by atoms with Crippen LogP contribution in [0.15, 0.2) is 24.3 Å². The van der Waals surface area contributed by atoms with Gasteiger partial charge in [0, 0.05) is 0 Å². The van der Waals surface area contributed by atoms with Gasteiger partial charge in [0.1, 0.15) is 0 Å². The van der Waals surface area contributed by atoms with E-state index >= 15 is 0 Å². The normalized spacial score (nSPS) is 13.9. The molecule has 14 heavy (non-hydrogen) atoms. The Kier molecular flexibility index (Phi) is 3.25. The Morgan fingerprint density at radius 2 is 2.00 bits per heavy atom. The smallest absolute Gasteiger partial charge is 0.211 e. The summed E-state index contributed by atoms with van der Waals surface area (Å²) in [5.41, 5.74) is 1.45. The number of benzene rings is 1. The van der Waals surface area contributed by atoms with E-state index in [4.69, 9.17) is 5.14 Å². The third-order valence-corrected chi connectivity index (χ3v) is 2.72. The van der Waals surface area contributed by atoms with Crippen molar-refractivity contribution in [3.05, 3.63) is 35.4 Å². The van der Waals surface area contributed by atoms with Gasteiger partial charge in [0.25, 0.3) is 0 Å². The summed E-state index contributed by atoms with van der Waals surface area (Å²) in [7, 11) is -3.64. The van der Waals surface area contributed by atoms with Gasteiger partial charge in [0.05, 0.1) is 11.9 Å². The molecule has 0 fully saturated rings. The number of rotatable bonds is 3. The molecule has 0 aromatic heterocycles. The van der Waals surface area contributed by atoms with E-state index in [1.165, 1.54) is 0 Å². The second-order valence-electron chi connectivity index (χ2n) is 3.20. The fourth-order valence-electron chi connectivity index (χ4n) is 1.27. The third kappa shape index (κ3) is 3.10. The van der Waals surface area contributed by atoms with E-state index in [0.29, 0.717) is 5.56 Å². The van der Waals surface area contributed by atoms with E-state index in [1.54, 1.807) is 12.1 Å². The standard InChI is InChI=1S/C9H13NO3S/c1-7-4-2-3-5-8(7)9(11)6-14(10,12)13/h2-5,9,11H,6H2,1H3,(H2,10,12,13). The van der Waals surface area contributed by atoms with Crippen LogP contribution in [0.3, 0.4) is 0 Å². The summed E-state index contributed by atoms with van der Waals surface area (Å²) in [4.78, 5) is 0. The first-order valence-electron chi connectivity index (χ1n) is 4.14. The Bertz CT molecular complexity index is 414. The predicted molar refractivity (Wildman–Crippen MR) is 54.1 cm³/mol. The second kappa shape index (κ2) is 4.08. The molecule has 0 spiro atoms. The predicted octanol–water partition coefficient (Wildman–Crippen LogP) is 0.317. The molecule has 0 saturated heterocycles. The van der Waals surface area contributed by atoms with Crippen LogP contribution < -0.4 is 5.14 Å². The molecule has 0 aliphatic rings. The summed E-state index contributed by atoms with van der Waals surface area (Å²) < 4.78 is 21.5. The molecule has 3 N–H and O–H groups in total. The first-order valence-corrected chi connectivity index (χ1v) is 5.86. The van der Waals surface area contributed by atoms with Crippen LogP contribution in [0.25, 0.3) is 0 Å². The summed E-state index contributed by atoms with van der Waals surface area (Å²) in [5, 5.41) is 14.4. The van der Waals surface area contributed by atoms with Gasteiger partial charge in [0.2, 0.25) is 10.0 Å². The number of nitrogens with two attached hydrogens (primary N) is 1. The highest BCUT2D eigenvalue weighted by Gasteiger charge is 2.15. The van der Waals surface area contributed by atoms with E-state index in [9.17, 15) is 13.5 Å². The van der Waals surface area contributed by atoms with Crippen molar-refractivity contribution in [3.8, 4) is 0 Å². The Morgan fingerprint density at radius 3 is 2.50 bits per heavy atom. The van der Waals surface area contributed by atoms with Crippen molar-refractivity contribution >= 4 is 10.0 Å². The number of aryl methyl sites for hydroxylation is 1. The van der Waals surface area contributed by atoms with Gasteiger partial charge in [-0.15, -0.1) is 0 Å². The van der Waals surface area contributed by atoms with Gasteiger partial charge in [-0.05, 0) is 18.1 Å². The van der Waals surface area contributed by atoms with Gasteiger partial charge >= 0.3 is 0 Å². The average Bonchev–Trinajstić information content (AvgIpc) is 2.01. The van der Waals surface area contributed by atoms with Crippen LogP contribution in [0.4, 0.5) is 0 Å². The quantitative estimate of drug-likeness (QED) is 0.761. The second-order valence-corrected chi connectivity index (χ2v) is 4.86. The summed E-state index contributed by atoms with van der Waals surface area (Å²) in [6, 6.07) is 7.06. The van der Waals surface area contributed by atoms with Crippen molar-refractivity contribution in [1.29, 1.82) is 0 Å². The monoisotopic (exact) mass is 215 g/mol. The van der Waals surface area contributed by atoms with Crippen LogP contribution in [0.5, 0.6) is 0 Å². The summed E-state index contributed by atoms with van der Waals surface area (Å²) in [6.07, 6.45) is -1.05. The minimum atomic E-state index is -3.64. The average molecular weight is 215 g/mol. The van der Waals surface area contributed by atoms with Crippen LogP contribution in [-0.4, -0.2) is 19.3 Å². The molecule has 1 aromatic carbocycles. The molecular formula is C9H13NO3S.